The zero-order valence-electron chi connectivity index (χ0n) is 12.4. The van der Waals surface area contributed by atoms with E-state index in [1.807, 2.05) is 25.5 Å². The molecular formula is C14H19N5O2. The molecule has 112 valence electrons. The fourth-order valence-corrected chi connectivity index (χ4v) is 1.90. The predicted octanol–water partition coefficient (Wildman–Crippen LogP) is 1.69. The Labute approximate surface area is 123 Å². The molecule has 0 amide bonds. The van der Waals surface area contributed by atoms with E-state index < -0.39 is 5.97 Å². The molecule has 2 aromatic rings. The van der Waals surface area contributed by atoms with E-state index in [4.69, 9.17) is 5.11 Å². The van der Waals surface area contributed by atoms with Crippen LogP contribution >= 0.6 is 0 Å². The number of anilines is 1. The lowest BCUT2D eigenvalue weighted by Crippen LogP contribution is -2.11. The Morgan fingerprint density at radius 1 is 1.43 bits per heavy atom. The van der Waals surface area contributed by atoms with Crippen molar-refractivity contribution in [1.29, 1.82) is 0 Å². The zero-order chi connectivity index (χ0) is 15.4. The molecule has 0 bridgehead atoms. The van der Waals surface area contributed by atoms with Gasteiger partial charge in [0.2, 0.25) is 0 Å². The number of aryl methyl sites for hydroxylation is 1. The lowest BCUT2D eigenvalue weighted by atomic mass is 10.1. The maximum atomic E-state index is 11.2. The van der Waals surface area contributed by atoms with Crippen LogP contribution < -0.4 is 5.32 Å². The van der Waals surface area contributed by atoms with E-state index >= 15 is 0 Å². The average Bonchev–Trinajstić information content (AvgIpc) is 2.84. The van der Waals surface area contributed by atoms with Gasteiger partial charge in [-0.3, -0.25) is 0 Å². The van der Waals surface area contributed by atoms with Gasteiger partial charge in [0.25, 0.3) is 0 Å². The Morgan fingerprint density at radius 3 is 2.76 bits per heavy atom. The molecule has 0 saturated carbocycles. The molecule has 7 nitrogen and oxygen atoms in total. The van der Waals surface area contributed by atoms with Crippen molar-refractivity contribution in [3.05, 3.63) is 35.5 Å². The van der Waals surface area contributed by atoms with Crippen molar-refractivity contribution in [2.24, 2.45) is 7.05 Å². The van der Waals surface area contributed by atoms with Crippen LogP contribution in [0.5, 0.6) is 0 Å². The molecule has 0 radical (unpaired) electrons. The normalized spacial score (nSPS) is 10.9. The van der Waals surface area contributed by atoms with E-state index in [0.29, 0.717) is 18.8 Å². The number of nitrogens with zero attached hydrogens (tertiary/aromatic N) is 4. The van der Waals surface area contributed by atoms with Gasteiger partial charge in [0.1, 0.15) is 18.0 Å². The van der Waals surface area contributed by atoms with Crippen LogP contribution in [0.3, 0.4) is 0 Å². The molecule has 0 aliphatic rings. The van der Waals surface area contributed by atoms with Crippen LogP contribution in [0.15, 0.2) is 18.5 Å². The zero-order valence-corrected chi connectivity index (χ0v) is 12.4. The van der Waals surface area contributed by atoms with E-state index in [-0.39, 0.29) is 11.5 Å². The molecule has 0 atom stereocenters. The Bertz CT molecular complexity index is 636. The summed E-state index contributed by atoms with van der Waals surface area (Å²) in [6.45, 7) is 4.58. The van der Waals surface area contributed by atoms with Crippen LogP contribution in [-0.2, 0) is 13.5 Å². The smallest absolute Gasteiger partial charge is 0.335 e. The lowest BCUT2D eigenvalue weighted by molar-refractivity contribution is 0.0696. The SMILES string of the molecule is CC(C)c1cc(C(=O)O)cc(NCCc2nncn2C)n1. The van der Waals surface area contributed by atoms with Crippen LogP contribution in [0.4, 0.5) is 5.82 Å². The summed E-state index contributed by atoms with van der Waals surface area (Å²) < 4.78 is 1.85. The number of pyridine rings is 1. The first-order chi connectivity index (χ1) is 9.97. The first-order valence-electron chi connectivity index (χ1n) is 6.79. The largest absolute Gasteiger partial charge is 0.478 e. The van der Waals surface area contributed by atoms with Gasteiger partial charge < -0.3 is 15.0 Å². The summed E-state index contributed by atoms with van der Waals surface area (Å²) in [5.41, 5.74) is 1.01. The number of aromatic carboxylic acids is 1. The van der Waals surface area contributed by atoms with Gasteiger partial charge in [-0.15, -0.1) is 10.2 Å². The number of carbonyl (C=O) groups is 1. The highest BCUT2D eigenvalue weighted by Gasteiger charge is 2.11. The highest BCUT2D eigenvalue weighted by molar-refractivity contribution is 5.88. The first kappa shape index (κ1) is 15.0. The molecule has 2 aromatic heterocycles. The van der Waals surface area contributed by atoms with Crippen molar-refractivity contribution >= 4 is 11.8 Å². The second-order valence-electron chi connectivity index (χ2n) is 5.16. The van der Waals surface area contributed by atoms with Crippen molar-refractivity contribution < 1.29 is 9.90 Å². The van der Waals surface area contributed by atoms with E-state index in [1.54, 1.807) is 18.5 Å². The minimum atomic E-state index is -0.948. The van der Waals surface area contributed by atoms with E-state index in [0.717, 1.165) is 11.5 Å². The molecule has 0 fully saturated rings. The summed E-state index contributed by atoms with van der Waals surface area (Å²) in [5, 5.41) is 20.1. The standard InChI is InChI=1S/C14H19N5O2/c1-9(2)11-6-10(14(20)21)7-12(17-11)15-5-4-13-18-16-8-19(13)3/h6-9H,4-5H2,1-3H3,(H,15,17)(H,20,21). The first-order valence-corrected chi connectivity index (χ1v) is 6.79. The van der Waals surface area contributed by atoms with Crippen molar-refractivity contribution in [1.82, 2.24) is 19.7 Å². The predicted molar refractivity (Wildman–Crippen MR) is 78.5 cm³/mol. The lowest BCUT2D eigenvalue weighted by Gasteiger charge is -2.11. The highest BCUT2D eigenvalue weighted by Crippen LogP contribution is 2.17. The highest BCUT2D eigenvalue weighted by atomic mass is 16.4. The number of carboxylic acids is 1. The third kappa shape index (κ3) is 3.77. The van der Waals surface area contributed by atoms with Gasteiger partial charge in [0, 0.05) is 25.7 Å². The average molecular weight is 289 g/mol. The minimum absolute atomic E-state index is 0.170. The van der Waals surface area contributed by atoms with Gasteiger partial charge in [-0.25, -0.2) is 9.78 Å². The molecule has 0 aromatic carbocycles. The summed E-state index contributed by atoms with van der Waals surface area (Å²) in [4.78, 5) is 15.6. The van der Waals surface area contributed by atoms with Crippen LogP contribution in [-0.4, -0.2) is 37.4 Å². The summed E-state index contributed by atoms with van der Waals surface area (Å²) in [6, 6.07) is 3.16. The molecular weight excluding hydrogens is 270 g/mol. The topological polar surface area (TPSA) is 92.9 Å². The third-order valence-electron chi connectivity index (χ3n) is 3.14. The molecule has 0 spiro atoms. The Kier molecular flexibility index (Phi) is 4.52. The monoisotopic (exact) mass is 289 g/mol. The molecule has 0 unspecified atom stereocenters. The van der Waals surface area contributed by atoms with Gasteiger partial charge in [0.15, 0.2) is 0 Å². The molecule has 7 heteroatoms. The van der Waals surface area contributed by atoms with Gasteiger partial charge in [-0.05, 0) is 18.1 Å². The molecule has 2 heterocycles. The second kappa shape index (κ2) is 6.34. The van der Waals surface area contributed by atoms with E-state index in [9.17, 15) is 4.79 Å². The number of rotatable bonds is 6. The summed E-state index contributed by atoms with van der Waals surface area (Å²) in [7, 11) is 1.88. The number of nitrogens with one attached hydrogen (secondary N) is 1. The summed E-state index contributed by atoms with van der Waals surface area (Å²) >= 11 is 0. The maximum absolute atomic E-state index is 11.2. The summed E-state index contributed by atoms with van der Waals surface area (Å²) in [6.07, 6.45) is 2.34. The number of aromatic nitrogens is 4. The maximum Gasteiger partial charge on any atom is 0.335 e. The van der Waals surface area contributed by atoms with Crippen molar-refractivity contribution in [3.63, 3.8) is 0 Å². The molecule has 0 aliphatic carbocycles. The van der Waals surface area contributed by atoms with Gasteiger partial charge in [-0.1, -0.05) is 13.8 Å². The Balaban J connectivity index is 2.08. The van der Waals surface area contributed by atoms with E-state index in [1.165, 1.54) is 0 Å². The third-order valence-corrected chi connectivity index (χ3v) is 3.14. The minimum Gasteiger partial charge on any atom is -0.478 e. The number of hydrogen-bond donors (Lipinski definition) is 2. The van der Waals surface area contributed by atoms with Crippen LogP contribution in [0.2, 0.25) is 0 Å². The van der Waals surface area contributed by atoms with Gasteiger partial charge >= 0.3 is 5.97 Å². The Hall–Kier alpha value is -2.44. The summed E-state index contributed by atoms with van der Waals surface area (Å²) in [5.74, 6) is 0.654. The van der Waals surface area contributed by atoms with Crippen molar-refractivity contribution in [2.45, 2.75) is 26.2 Å². The molecule has 0 saturated heterocycles. The number of hydrogen-bond acceptors (Lipinski definition) is 5. The van der Waals surface area contributed by atoms with Crippen molar-refractivity contribution in [3.8, 4) is 0 Å². The Morgan fingerprint density at radius 2 is 2.19 bits per heavy atom. The van der Waals surface area contributed by atoms with Crippen LogP contribution in [0, 0.1) is 0 Å². The fourth-order valence-electron chi connectivity index (χ4n) is 1.90. The van der Waals surface area contributed by atoms with Gasteiger partial charge in [-0.2, -0.15) is 0 Å². The van der Waals surface area contributed by atoms with E-state index in [2.05, 4.69) is 20.5 Å². The van der Waals surface area contributed by atoms with Crippen LogP contribution in [0.25, 0.3) is 0 Å². The number of carboxylic acid groups (broad SMARTS) is 1. The fraction of sp³-hybridized carbons (Fsp3) is 0.429. The van der Waals surface area contributed by atoms with Crippen LogP contribution in [0.1, 0.15) is 41.6 Å². The second-order valence-corrected chi connectivity index (χ2v) is 5.16. The molecule has 2 rings (SSSR count). The molecule has 2 N–H and O–H groups in total. The quantitative estimate of drug-likeness (QED) is 0.840. The van der Waals surface area contributed by atoms with Gasteiger partial charge in [0.05, 0.1) is 5.56 Å². The molecule has 21 heavy (non-hydrogen) atoms. The molecule has 0 aliphatic heterocycles. The van der Waals surface area contributed by atoms with Crippen molar-refractivity contribution in [2.75, 3.05) is 11.9 Å².